The highest BCUT2D eigenvalue weighted by Crippen LogP contribution is 2.64. The van der Waals surface area contributed by atoms with Gasteiger partial charge in [0.2, 0.25) is 5.91 Å². The van der Waals surface area contributed by atoms with Gasteiger partial charge in [0, 0.05) is 18.2 Å². The Kier molecular flexibility index (Phi) is 2.59. The van der Waals surface area contributed by atoms with Crippen molar-refractivity contribution in [3.05, 3.63) is 17.7 Å². The zero-order valence-corrected chi connectivity index (χ0v) is 12.6. The molecule has 1 saturated carbocycles. The van der Waals surface area contributed by atoms with E-state index in [-0.39, 0.29) is 16.7 Å². The number of carbonyl (C=O) groups is 1. The van der Waals surface area contributed by atoms with Gasteiger partial charge in [0.05, 0.1) is 11.4 Å². The monoisotopic (exact) mass is 273 g/mol. The molecule has 1 aliphatic carbocycles. The zero-order chi connectivity index (χ0) is 14.7. The predicted octanol–water partition coefficient (Wildman–Crippen LogP) is 3.00. The van der Waals surface area contributed by atoms with Crippen LogP contribution in [-0.4, -0.2) is 11.9 Å². The SMILES string of the molecule is CC1(C)C(Nc2cc3c(cc2N)CCC(=O)N3)C1(C)C. The third-order valence-corrected chi connectivity index (χ3v) is 5.49. The first-order chi connectivity index (χ1) is 9.23. The molecule has 1 amide bonds. The van der Waals surface area contributed by atoms with Crippen molar-refractivity contribution in [1.29, 1.82) is 0 Å². The molecule has 4 N–H and O–H groups in total. The van der Waals surface area contributed by atoms with E-state index in [4.69, 9.17) is 5.73 Å². The number of carbonyl (C=O) groups excluding carboxylic acids is 1. The Morgan fingerprint density at radius 1 is 1.20 bits per heavy atom. The molecule has 1 aliphatic heterocycles. The van der Waals surface area contributed by atoms with Crippen LogP contribution < -0.4 is 16.4 Å². The quantitative estimate of drug-likeness (QED) is 0.726. The van der Waals surface area contributed by atoms with E-state index in [0.29, 0.717) is 12.5 Å². The number of nitrogens with two attached hydrogens (primary N) is 1. The summed E-state index contributed by atoms with van der Waals surface area (Å²) in [7, 11) is 0. The highest BCUT2D eigenvalue weighted by atomic mass is 16.1. The number of amides is 1. The largest absolute Gasteiger partial charge is 0.397 e. The molecule has 0 saturated heterocycles. The van der Waals surface area contributed by atoms with E-state index in [1.165, 1.54) is 0 Å². The molecule has 1 fully saturated rings. The lowest BCUT2D eigenvalue weighted by Crippen LogP contribution is -2.20. The number of rotatable bonds is 2. The maximum absolute atomic E-state index is 11.5. The average Bonchev–Trinajstić information content (AvgIpc) is 2.73. The minimum Gasteiger partial charge on any atom is -0.397 e. The molecule has 4 nitrogen and oxygen atoms in total. The molecule has 0 spiro atoms. The fraction of sp³-hybridized carbons (Fsp3) is 0.562. The van der Waals surface area contributed by atoms with Crippen molar-refractivity contribution < 1.29 is 4.79 Å². The fourth-order valence-electron chi connectivity index (χ4n) is 3.29. The maximum atomic E-state index is 11.5. The minimum absolute atomic E-state index is 0.0836. The standard InChI is InChI=1S/C16H23N3O/c1-15(2)14(16(15,3)4)19-12-8-11-9(7-10(12)17)5-6-13(20)18-11/h7-8,14,19H,5-6,17H2,1-4H3,(H,18,20). The van der Waals surface area contributed by atoms with Crippen LogP contribution in [0.25, 0.3) is 0 Å². The van der Waals surface area contributed by atoms with Crippen LogP contribution >= 0.6 is 0 Å². The molecule has 1 aromatic carbocycles. The van der Waals surface area contributed by atoms with Crippen molar-refractivity contribution in [2.24, 2.45) is 10.8 Å². The van der Waals surface area contributed by atoms with Gasteiger partial charge in [-0.3, -0.25) is 4.79 Å². The van der Waals surface area contributed by atoms with E-state index in [9.17, 15) is 4.79 Å². The van der Waals surface area contributed by atoms with E-state index < -0.39 is 0 Å². The lowest BCUT2D eigenvalue weighted by atomic mass is 10.0. The van der Waals surface area contributed by atoms with Crippen LogP contribution in [0.5, 0.6) is 0 Å². The Hall–Kier alpha value is -1.71. The van der Waals surface area contributed by atoms with Gasteiger partial charge in [0.1, 0.15) is 0 Å². The molecule has 2 aliphatic rings. The van der Waals surface area contributed by atoms with Gasteiger partial charge in [-0.1, -0.05) is 27.7 Å². The Morgan fingerprint density at radius 3 is 2.45 bits per heavy atom. The molecular formula is C16H23N3O. The van der Waals surface area contributed by atoms with Gasteiger partial charge < -0.3 is 16.4 Å². The Balaban J connectivity index is 1.88. The summed E-state index contributed by atoms with van der Waals surface area (Å²) < 4.78 is 0. The van der Waals surface area contributed by atoms with Crippen molar-refractivity contribution >= 4 is 23.0 Å². The zero-order valence-electron chi connectivity index (χ0n) is 12.6. The van der Waals surface area contributed by atoms with Gasteiger partial charge in [-0.05, 0) is 34.9 Å². The number of fused-ring (bicyclic) bond motifs is 1. The van der Waals surface area contributed by atoms with Crippen molar-refractivity contribution in [2.45, 2.75) is 46.6 Å². The fourth-order valence-corrected chi connectivity index (χ4v) is 3.29. The third kappa shape index (κ3) is 1.78. The highest BCUT2D eigenvalue weighted by molar-refractivity contribution is 5.95. The second-order valence-corrected chi connectivity index (χ2v) is 7.17. The Morgan fingerprint density at radius 2 is 1.85 bits per heavy atom. The Labute approximate surface area is 120 Å². The van der Waals surface area contributed by atoms with Crippen LogP contribution in [0, 0.1) is 10.8 Å². The summed E-state index contributed by atoms with van der Waals surface area (Å²) in [5, 5.41) is 6.48. The van der Waals surface area contributed by atoms with Crippen molar-refractivity contribution in [2.75, 3.05) is 16.4 Å². The lowest BCUT2D eigenvalue weighted by Gasteiger charge is -2.20. The van der Waals surface area contributed by atoms with Crippen LogP contribution in [0.1, 0.15) is 39.7 Å². The molecule has 1 heterocycles. The van der Waals surface area contributed by atoms with Crippen LogP contribution in [-0.2, 0) is 11.2 Å². The van der Waals surface area contributed by atoms with Crippen LogP contribution in [0.4, 0.5) is 17.1 Å². The Bertz CT molecular complexity index is 576. The van der Waals surface area contributed by atoms with Gasteiger partial charge in [-0.15, -0.1) is 0 Å². The summed E-state index contributed by atoms with van der Waals surface area (Å²) in [6.45, 7) is 9.06. The summed E-state index contributed by atoms with van der Waals surface area (Å²) in [5.41, 5.74) is 10.4. The minimum atomic E-state index is 0.0836. The number of aryl methyl sites for hydroxylation is 1. The molecule has 20 heavy (non-hydrogen) atoms. The molecule has 0 aromatic heterocycles. The van der Waals surface area contributed by atoms with Gasteiger partial charge in [-0.2, -0.15) is 0 Å². The first kappa shape index (κ1) is 13.3. The van der Waals surface area contributed by atoms with Crippen LogP contribution in [0.3, 0.4) is 0 Å². The summed E-state index contributed by atoms with van der Waals surface area (Å²) in [6, 6.07) is 4.36. The molecule has 4 heteroatoms. The van der Waals surface area contributed by atoms with E-state index in [1.807, 2.05) is 12.1 Å². The van der Waals surface area contributed by atoms with Crippen molar-refractivity contribution in [3.8, 4) is 0 Å². The van der Waals surface area contributed by atoms with E-state index >= 15 is 0 Å². The lowest BCUT2D eigenvalue weighted by molar-refractivity contribution is -0.116. The molecule has 108 valence electrons. The number of hydrogen-bond donors (Lipinski definition) is 3. The predicted molar refractivity (Wildman–Crippen MR) is 82.8 cm³/mol. The molecule has 0 bridgehead atoms. The number of benzene rings is 1. The van der Waals surface area contributed by atoms with E-state index in [0.717, 1.165) is 29.0 Å². The second-order valence-electron chi connectivity index (χ2n) is 7.17. The summed E-state index contributed by atoms with van der Waals surface area (Å²) in [5.74, 6) is 0.0836. The number of hydrogen-bond acceptors (Lipinski definition) is 3. The summed E-state index contributed by atoms with van der Waals surface area (Å²) in [4.78, 5) is 11.5. The second kappa shape index (κ2) is 3.90. The van der Waals surface area contributed by atoms with E-state index in [2.05, 4.69) is 38.3 Å². The number of anilines is 3. The summed E-state index contributed by atoms with van der Waals surface area (Å²) >= 11 is 0. The third-order valence-electron chi connectivity index (χ3n) is 5.49. The van der Waals surface area contributed by atoms with Gasteiger partial charge in [-0.25, -0.2) is 0 Å². The van der Waals surface area contributed by atoms with Crippen molar-refractivity contribution in [1.82, 2.24) is 0 Å². The average molecular weight is 273 g/mol. The summed E-state index contributed by atoms with van der Waals surface area (Å²) in [6.07, 6.45) is 1.31. The van der Waals surface area contributed by atoms with Crippen molar-refractivity contribution in [3.63, 3.8) is 0 Å². The molecule has 0 radical (unpaired) electrons. The number of nitrogens with one attached hydrogen (secondary N) is 2. The first-order valence-electron chi connectivity index (χ1n) is 7.22. The van der Waals surface area contributed by atoms with Crippen LogP contribution in [0.15, 0.2) is 12.1 Å². The molecule has 1 aromatic rings. The smallest absolute Gasteiger partial charge is 0.224 e. The number of nitrogen functional groups attached to an aromatic ring is 1. The topological polar surface area (TPSA) is 67.1 Å². The van der Waals surface area contributed by atoms with Crippen LogP contribution in [0.2, 0.25) is 0 Å². The first-order valence-corrected chi connectivity index (χ1v) is 7.22. The normalized spacial score (nSPS) is 22.9. The molecule has 3 rings (SSSR count). The molecular weight excluding hydrogens is 250 g/mol. The van der Waals surface area contributed by atoms with Gasteiger partial charge in [0.25, 0.3) is 0 Å². The highest BCUT2D eigenvalue weighted by Gasteiger charge is 2.65. The van der Waals surface area contributed by atoms with E-state index in [1.54, 1.807) is 0 Å². The van der Waals surface area contributed by atoms with Gasteiger partial charge >= 0.3 is 0 Å². The maximum Gasteiger partial charge on any atom is 0.224 e. The molecule has 0 unspecified atom stereocenters. The van der Waals surface area contributed by atoms with Gasteiger partial charge in [0.15, 0.2) is 0 Å². The molecule has 0 atom stereocenters.